The van der Waals surface area contributed by atoms with Crippen LogP contribution in [0.15, 0.2) is 23.6 Å². The minimum atomic E-state index is -0.888. The van der Waals surface area contributed by atoms with Crippen molar-refractivity contribution in [2.45, 2.75) is 25.0 Å². The molecule has 21 heavy (non-hydrogen) atoms. The van der Waals surface area contributed by atoms with Crippen LogP contribution in [-0.4, -0.2) is 43.7 Å². The van der Waals surface area contributed by atoms with Crippen LogP contribution in [0.1, 0.15) is 19.9 Å². The summed E-state index contributed by atoms with van der Waals surface area (Å²) in [5, 5.41) is 17.7. The topological polar surface area (TPSA) is 90.1 Å². The van der Waals surface area contributed by atoms with Crippen molar-refractivity contribution < 1.29 is 14.6 Å². The van der Waals surface area contributed by atoms with Crippen molar-refractivity contribution in [3.8, 4) is 17.1 Å². The Balaban J connectivity index is 2.46. The Hall–Kier alpha value is -2.09. The maximum absolute atomic E-state index is 10.7. The van der Waals surface area contributed by atoms with Crippen LogP contribution < -0.4 is 4.74 Å². The maximum Gasteiger partial charge on any atom is 0.313 e. The first kappa shape index (κ1) is 15.3. The Kier molecular flexibility index (Phi) is 4.79. The molecule has 2 heterocycles. The van der Waals surface area contributed by atoms with Gasteiger partial charge >= 0.3 is 5.97 Å². The summed E-state index contributed by atoms with van der Waals surface area (Å²) in [5.74, 6) is 0.290. The van der Waals surface area contributed by atoms with E-state index in [0.29, 0.717) is 16.7 Å². The van der Waals surface area contributed by atoms with Gasteiger partial charge in [0, 0.05) is 12.2 Å². The number of ether oxygens (including phenoxy) is 1. The largest absolute Gasteiger partial charge is 0.494 e. The predicted molar refractivity (Wildman–Crippen MR) is 78.5 cm³/mol. The number of aromatic nitrogens is 4. The van der Waals surface area contributed by atoms with E-state index in [2.05, 4.69) is 15.2 Å². The molecule has 0 atom stereocenters. The number of carboxylic acid groups (broad SMARTS) is 1. The van der Waals surface area contributed by atoms with Crippen molar-refractivity contribution in [2.24, 2.45) is 0 Å². The van der Waals surface area contributed by atoms with Gasteiger partial charge in [0.25, 0.3) is 0 Å². The van der Waals surface area contributed by atoms with Crippen LogP contribution in [0.2, 0.25) is 0 Å². The quantitative estimate of drug-likeness (QED) is 0.817. The molecule has 0 saturated heterocycles. The van der Waals surface area contributed by atoms with Gasteiger partial charge in [-0.3, -0.25) is 14.3 Å². The van der Waals surface area contributed by atoms with Crippen LogP contribution in [0, 0.1) is 0 Å². The van der Waals surface area contributed by atoms with Crippen molar-refractivity contribution in [2.75, 3.05) is 12.9 Å². The van der Waals surface area contributed by atoms with Crippen LogP contribution in [-0.2, 0) is 4.79 Å². The zero-order chi connectivity index (χ0) is 15.4. The van der Waals surface area contributed by atoms with Gasteiger partial charge in [-0.05, 0) is 19.9 Å². The van der Waals surface area contributed by atoms with E-state index in [1.54, 1.807) is 25.6 Å². The molecule has 0 bridgehead atoms. The second-order valence-corrected chi connectivity index (χ2v) is 5.47. The van der Waals surface area contributed by atoms with E-state index in [4.69, 9.17) is 9.84 Å². The molecule has 2 rings (SSSR count). The third-order valence-electron chi connectivity index (χ3n) is 2.75. The molecule has 0 radical (unpaired) electrons. The molecule has 0 fully saturated rings. The average Bonchev–Trinajstić information content (AvgIpc) is 2.88. The normalized spacial score (nSPS) is 10.9. The van der Waals surface area contributed by atoms with Crippen LogP contribution in [0.5, 0.6) is 5.75 Å². The van der Waals surface area contributed by atoms with Gasteiger partial charge in [0.2, 0.25) is 0 Å². The van der Waals surface area contributed by atoms with Gasteiger partial charge < -0.3 is 9.84 Å². The highest BCUT2D eigenvalue weighted by molar-refractivity contribution is 7.99. The second-order valence-electron chi connectivity index (χ2n) is 4.53. The van der Waals surface area contributed by atoms with Crippen molar-refractivity contribution in [1.82, 2.24) is 19.7 Å². The molecule has 0 unspecified atom stereocenters. The number of aliphatic carboxylic acids is 1. The molecule has 0 saturated carbocycles. The van der Waals surface area contributed by atoms with E-state index >= 15 is 0 Å². The molecule has 1 N–H and O–H groups in total. The molecule has 2 aromatic rings. The Bertz CT molecular complexity index is 642. The lowest BCUT2D eigenvalue weighted by Gasteiger charge is -2.14. The van der Waals surface area contributed by atoms with E-state index < -0.39 is 5.97 Å². The summed E-state index contributed by atoms with van der Waals surface area (Å²) >= 11 is 1.15. The fraction of sp³-hybridized carbons (Fsp3) is 0.385. The summed E-state index contributed by atoms with van der Waals surface area (Å²) in [6.07, 6.45) is 3.26. The summed E-state index contributed by atoms with van der Waals surface area (Å²) in [6.45, 7) is 3.98. The zero-order valence-corrected chi connectivity index (χ0v) is 12.8. The third-order valence-corrected chi connectivity index (χ3v) is 3.68. The first-order valence-electron chi connectivity index (χ1n) is 6.32. The van der Waals surface area contributed by atoms with Gasteiger partial charge in [0.15, 0.2) is 11.0 Å². The molecule has 0 amide bonds. The Labute approximate surface area is 126 Å². The molecule has 0 aliphatic heterocycles. The lowest BCUT2D eigenvalue weighted by atomic mass is 10.2. The summed E-state index contributed by atoms with van der Waals surface area (Å²) < 4.78 is 7.19. The van der Waals surface area contributed by atoms with E-state index in [1.807, 2.05) is 18.4 Å². The molecular formula is C13H16N4O3S. The summed E-state index contributed by atoms with van der Waals surface area (Å²) in [6, 6.07) is 1.89. The van der Waals surface area contributed by atoms with Gasteiger partial charge in [-0.25, -0.2) is 0 Å². The predicted octanol–water partition coefficient (Wildman–Crippen LogP) is 2.11. The number of nitrogens with zero attached hydrogens (tertiary/aromatic N) is 4. The number of pyridine rings is 1. The number of carbonyl (C=O) groups is 1. The number of hydrogen-bond donors (Lipinski definition) is 1. The van der Waals surface area contributed by atoms with Gasteiger partial charge in [-0.15, -0.1) is 10.2 Å². The molecule has 112 valence electrons. The maximum atomic E-state index is 10.7. The second kappa shape index (κ2) is 6.57. The molecule has 8 heteroatoms. The fourth-order valence-corrected chi connectivity index (χ4v) is 2.67. The van der Waals surface area contributed by atoms with Gasteiger partial charge in [-0.2, -0.15) is 0 Å². The van der Waals surface area contributed by atoms with Crippen LogP contribution in [0.25, 0.3) is 11.4 Å². The summed E-state index contributed by atoms with van der Waals surface area (Å²) in [5.41, 5.74) is 0.774. The van der Waals surface area contributed by atoms with Crippen LogP contribution >= 0.6 is 11.8 Å². The molecule has 7 nitrogen and oxygen atoms in total. The van der Waals surface area contributed by atoms with Gasteiger partial charge in [-0.1, -0.05) is 11.8 Å². The first-order valence-corrected chi connectivity index (χ1v) is 7.31. The average molecular weight is 308 g/mol. The smallest absolute Gasteiger partial charge is 0.313 e. The van der Waals surface area contributed by atoms with E-state index in [9.17, 15) is 4.79 Å². The monoisotopic (exact) mass is 308 g/mol. The zero-order valence-electron chi connectivity index (χ0n) is 12.0. The lowest BCUT2D eigenvalue weighted by Crippen LogP contribution is -2.07. The minimum absolute atomic E-state index is 0.0572. The van der Waals surface area contributed by atoms with E-state index in [1.165, 1.54) is 0 Å². The Morgan fingerprint density at radius 1 is 1.48 bits per heavy atom. The lowest BCUT2D eigenvalue weighted by molar-refractivity contribution is -0.133. The highest BCUT2D eigenvalue weighted by Gasteiger charge is 2.20. The molecule has 0 aliphatic carbocycles. The van der Waals surface area contributed by atoms with Crippen molar-refractivity contribution >= 4 is 17.7 Å². The highest BCUT2D eigenvalue weighted by atomic mass is 32.2. The molecule has 0 aromatic carbocycles. The molecular weight excluding hydrogens is 292 g/mol. The molecule has 2 aromatic heterocycles. The molecule has 0 aliphatic rings. The Morgan fingerprint density at radius 3 is 2.86 bits per heavy atom. The van der Waals surface area contributed by atoms with Gasteiger partial charge in [0.05, 0.1) is 24.6 Å². The number of thioether (sulfide) groups is 1. The first-order chi connectivity index (χ1) is 10.0. The van der Waals surface area contributed by atoms with Crippen LogP contribution in [0.3, 0.4) is 0 Å². The SMILES string of the molecule is COc1cnccc1-c1nnc(SCC(=O)O)n1C(C)C. The fourth-order valence-electron chi connectivity index (χ4n) is 1.88. The Morgan fingerprint density at radius 2 is 2.24 bits per heavy atom. The summed E-state index contributed by atoms with van der Waals surface area (Å²) in [7, 11) is 1.57. The van der Waals surface area contributed by atoms with Crippen LogP contribution in [0.4, 0.5) is 0 Å². The standard InChI is InChI=1S/C13H16N4O3S/c1-8(2)17-12(9-4-5-14-6-10(9)20-3)15-16-13(17)21-7-11(18)19/h4-6,8H,7H2,1-3H3,(H,18,19). The van der Waals surface area contributed by atoms with Gasteiger partial charge in [0.1, 0.15) is 5.75 Å². The third kappa shape index (κ3) is 3.33. The number of carboxylic acids is 1. The van der Waals surface area contributed by atoms with Crippen molar-refractivity contribution in [3.05, 3.63) is 18.5 Å². The number of hydrogen-bond acceptors (Lipinski definition) is 6. The highest BCUT2D eigenvalue weighted by Crippen LogP contribution is 2.32. The minimum Gasteiger partial charge on any atom is -0.494 e. The van der Waals surface area contributed by atoms with E-state index in [0.717, 1.165) is 17.3 Å². The summed E-state index contributed by atoms with van der Waals surface area (Å²) in [4.78, 5) is 14.7. The van der Waals surface area contributed by atoms with Crippen molar-refractivity contribution in [1.29, 1.82) is 0 Å². The van der Waals surface area contributed by atoms with Crippen molar-refractivity contribution in [3.63, 3.8) is 0 Å². The number of rotatable bonds is 6. The number of methoxy groups -OCH3 is 1. The molecule has 0 spiro atoms. The van der Waals surface area contributed by atoms with E-state index in [-0.39, 0.29) is 11.8 Å².